The summed E-state index contributed by atoms with van der Waals surface area (Å²) >= 11 is 0. The smallest absolute Gasteiger partial charge is 0.108 e. The van der Waals surface area contributed by atoms with E-state index in [0.717, 1.165) is 11.0 Å². The van der Waals surface area contributed by atoms with Crippen LogP contribution in [0.1, 0.15) is 25.3 Å². The van der Waals surface area contributed by atoms with Gasteiger partial charge in [-0.25, -0.2) is 0 Å². The second-order valence-corrected chi connectivity index (χ2v) is 3.19. The summed E-state index contributed by atoms with van der Waals surface area (Å²) in [6, 6.07) is 2.03. The summed E-state index contributed by atoms with van der Waals surface area (Å²) in [5.41, 5.74) is 3.28. The summed E-state index contributed by atoms with van der Waals surface area (Å²) in [7, 11) is 0. The second kappa shape index (κ2) is 2.59. The molecule has 0 aliphatic carbocycles. The van der Waals surface area contributed by atoms with Crippen molar-refractivity contribution in [1.29, 1.82) is 0 Å². The van der Waals surface area contributed by atoms with Gasteiger partial charge in [-0.15, -0.1) is 0 Å². The minimum atomic E-state index is 0.510. The fourth-order valence-electron chi connectivity index (χ4n) is 1.35. The van der Waals surface area contributed by atoms with E-state index in [9.17, 15) is 0 Å². The Hall–Kier alpha value is -1.38. The Morgan fingerprint density at radius 2 is 2.25 bits per heavy atom. The molecule has 2 heterocycles. The van der Waals surface area contributed by atoms with Crippen molar-refractivity contribution < 1.29 is 0 Å². The maximum atomic E-state index is 4.19. The number of aromatic nitrogens is 3. The molecular weight excluding hydrogens is 150 g/mol. The van der Waals surface area contributed by atoms with Crippen molar-refractivity contribution in [3.63, 3.8) is 0 Å². The van der Waals surface area contributed by atoms with Crippen molar-refractivity contribution in [2.75, 3.05) is 0 Å². The zero-order valence-electron chi connectivity index (χ0n) is 7.20. The number of hydrogen-bond acceptors (Lipinski definition) is 2. The quantitative estimate of drug-likeness (QED) is 0.695. The molecule has 0 saturated heterocycles. The van der Waals surface area contributed by atoms with Crippen LogP contribution in [0.15, 0.2) is 18.5 Å². The van der Waals surface area contributed by atoms with Crippen LogP contribution in [0.25, 0.3) is 11.0 Å². The normalized spacial score (nSPS) is 11.2. The largest absolute Gasteiger partial charge is 0.276 e. The molecule has 0 aliphatic heterocycles. The van der Waals surface area contributed by atoms with Crippen molar-refractivity contribution in [3.8, 4) is 0 Å². The SMILES string of the molecule is CC(C)c1ccnc2cn[nH]c12. The maximum Gasteiger partial charge on any atom is 0.108 e. The molecule has 0 aromatic carbocycles. The topological polar surface area (TPSA) is 41.6 Å². The molecule has 0 saturated carbocycles. The van der Waals surface area contributed by atoms with E-state index < -0.39 is 0 Å². The summed E-state index contributed by atoms with van der Waals surface area (Å²) in [6.07, 6.45) is 3.58. The van der Waals surface area contributed by atoms with Gasteiger partial charge < -0.3 is 0 Å². The van der Waals surface area contributed by atoms with Crippen molar-refractivity contribution in [3.05, 3.63) is 24.0 Å². The van der Waals surface area contributed by atoms with Gasteiger partial charge in [-0.3, -0.25) is 10.1 Å². The number of aromatic amines is 1. The number of hydrogen-bond donors (Lipinski definition) is 1. The Kier molecular flexibility index (Phi) is 1.57. The van der Waals surface area contributed by atoms with Crippen molar-refractivity contribution in [2.24, 2.45) is 0 Å². The molecule has 0 unspecified atom stereocenters. The molecule has 0 atom stereocenters. The van der Waals surface area contributed by atoms with E-state index in [1.807, 2.05) is 12.3 Å². The van der Waals surface area contributed by atoms with Crippen molar-refractivity contribution in [2.45, 2.75) is 19.8 Å². The molecule has 0 bridgehead atoms. The number of pyridine rings is 1. The van der Waals surface area contributed by atoms with Crippen LogP contribution in [0.5, 0.6) is 0 Å². The zero-order chi connectivity index (χ0) is 8.55. The number of rotatable bonds is 1. The van der Waals surface area contributed by atoms with Gasteiger partial charge in [0.05, 0.1) is 11.7 Å². The Labute approximate surface area is 70.8 Å². The lowest BCUT2D eigenvalue weighted by atomic mass is 10.0. The first-order valence-corrected chi connectivity index (χ1v) is 4.07. The Bertz CT molecular complexity index is 389. The van der Waals surface area contributed by atoms with Crippen LogP contribution < -0.4 is 0 Å². The van der Waals surface area contributed by atoms with Gasteiger partial charge in [-0.05, 0) is 17.5 Å². The first kappa shape index (κ1) is 7.28. The molecule has 2 rings (SSSR count). The zero-order valence-corrected chi connectivity index (χ0v) is 7.20. The summed E-state index contributed by atoms with van der Waals surface area (Å²) in [5, 5.41) is 6.91. The Balaban J connectivity index is 2.73. The van der Waals surface area contributed by atoms with E-state index >= 15 is 0 Å². The predicted octanol–water partition coefficient (Wildman–Crippen LogP) is 2.08. The molecule has 0 amide bonds. The highest BCUT2D eigenvalue weighted by Crippen LogP contribution is 2.20. The average Bonchev–Trinajstić information content (AvgIpc) is 2.49. The molecule has 3 heteroatoms. The molecule has 2 aromatic heterocycles. The van der Waals surface area contributed by atoms with Crippen LogP contribution >= 0.6 is 0 Å². The molecule has 12 heavy (non-hydrogen) atoms. The van der Waals surface area contributed by atoms with E-state index in [4.69, 9.17) is 0 Å². The van der Waals surface area contributed by atoms with Crippen LogP contribution in [0.3, 0.4) is 0 Å². The van der Waals surface area contributed by atoms with E-state index in [1.165, 1.54) is 5.56 Å². The van der Waals surface area contributed by atoms with Gasteiger partial charge in [-0.1, -0.05) is 13.8 Å². The maximum absolute atomic E-state index is 4.19. The highest BCUT2D eigenvalue weighted by Gasteiger charge is 2.05. The number of fused-ring (bicyclic) bond motifs is 1. The third-order valence-corrected chi connectivity index (χ3v) is 2.00. The lowest BCUT2D eigenvalue weighted by Gasteiger charge is -2.04. The fraction of sp³-hybridized carbons (Fsp3) is 0.333. The van der Waals surface area contributed by atoms with Gasteiger partial charge in [0.15, 0.2) is 0 Å². The molecule has 0 radical (unpaired) electrons. The lowest BCUT2D eigenvalue weighted by Crippen LogP contribution is -1.89. The minimum Gasteiger partial charge on any atom is -0.276 e. The van der Waals surface area contributed by atoms with Crippen molar-refractivity contribution >= 4 is 11.0 Å². The summed E-state index contributed by atoms with van der Waals surface area (Å²) in [6.45, 7) is 4.32. The highest BCUT2D eigenvalue weighted by atomic mass is 15.1. The van der Waals surface area contributed by atoms with Crippen LogP contribution in [-0.4, -0.2) is 15.2 Å². The van der Waals surface area contributed by atoms with Gasteiger partial charge in [0.1, 0.15) is 5.52 Å². The molecule has 2 aromatic rings. The third-order valence-electron chi connectivity index (χ3n) is 2.00. The molecule has 0 spiro atoms. The van der Waals surface area contributed by atoms with Gasteiger partial charge in [0.2, 0.25) is 0 Å². The molecule has 0 fully saturated rings. The Morgan fingerprint density at radius 3 is 3.00 bits per heavy atom. The first-order valence-electron chi connectivity index (χ1n) is 4.07. The average molecular weight is 161 g/mol. The lowest BCUT2D eigenvalue weighted by molar-refractivity contribution is 0.869. The van der Waals surface area contributed by atoms with Gasteiger partial charge in [0, 0.05) is 6.20 Å². The summed E-state index contributed by atoms with van der Waals surface area (Å²) < 4.78 is 0. The van der Waals surface area contributed by atoms with Crippen molar-refractivity contribution in [1.82, 2.24) is 15.2 Å². The summed E-state index contributed by atoms with van der Waals surface area (Å²) in [4.78, 5) is 4.19. The van der Waals surface area contributed by atoms with E-state index in [-0.39, 0.29) is 0 Å². The molecule has 1 N–H and O–H groups in total. The van der Waals surface area contributed by atoms with E-state index in [2.05, 4.69) is 29.0 Å². The standard InChI is InChI=1S/C9H11N3/c1-6(2)7-3-4-10-8-5-11-12-9(7)8/h3-6H,1-2H3,(H,11,12). The number of H-pyrrole nitrogens is 1. The van der Waals surface area contributed by atoms with Crippen LogP contribution in [-0.2, 0) is 0 Å². The van der Waals surface area contributed by atoms with E-state index in [1.54, 1.807) is 6.20 Å². The molecule has 62 valence electrons. The first-order chi connectivity index (χ1) is 5.79. The summed E-state index contributed by atoms with van der Waals surface area (Å²) in [5.74, 6) is 0.510. The van der Waals surface area contributed by atoms with Crippen LogP contribution in [0.4, 0.5) is 0 Å². The molecule has 0 aliphatic rings. The predicted molar refractivity (Wildman–Crippen MR) is 48.0 cm³/mol. The fourth-order valence-corrected chi connectivity index (χ4v) is 1.35. The van der Waals surface area contributed by atoms with Gasteiger partial charge >= 0.3 is 0 Å². The number of nitrogens with zero attached hydrogens (tertiary/aromatic N) is 2. The van der Waals surface area contributed by atoms with Crippen LogP contribution in [0.2, 0.25) is 0 Å². The van der Waals surface area contributed by atoms with Gasteiger partial charge in [-0.2, -0.15) is 5.10 Å². The van der Waals surface area contributed by atoms with Crippen LogP contribution in [0, 0.1) is 0 Å². The Morgan fingerprint density at radius 1 is 1.42 bits per heavy atom. The third kappa shape index (κ3) is 0.978. The monoisotopic (exact) mass is 161 g/mol. The number of nitrogens with one attached hydrogen (secondary N) is 1. The molecule has 3 nitrogen and oxygen atoms in total. The minimum absolute atomic E-state index is 0.510. The highest BCUT2D eigenvalue weighted by molar-refractivity contribution is 5.77. The molecular formula is C9H11N3. The van der Waals surface area contributed by atoms with E-state index in [0.29, 0.717) is 5.92 Å². The van der Waals surface area contributed by atoms with Gasteiger partial charge in [0.25, 0.3) is 0 Å². The second-order valence-electron chi connectivity index (χ2n) is 3.19.